The fourth-order valence-corrected chi connectivity index (χ4v) is 1.77. The van der Waals surface area contributed by atoms with Crippen molar-refractivity contribution < 1.29 is 13.2 Å². The monoisotopic (exact) mass is 286 g/mol. The van der Waals surface area contributed by atoms with Gasteiger partial charge in [0.05, 0.1) is 0 Å². The molecule has 0 aliphatic carbocycles. The Labute approximate surface area is 112 Å². The van der Waals surface area contributed by atoms with Gasteiger partial charge in [0.15, 0.2) is 5.69 Å². The SMILES string of the molecule is Nc1ccc(=O)n(CCCn2ccc(C(F)(F)F)n2)c1. The van der Waals surface area contributed by atoms with Gasteiger partial charge < -0.3 is 10.3 Å². The summed E-state index contributed by atoms with van der Waals surface area (Å²) >= 11 is 0. The average Bonchev–Trinajstić information content (AvgIpc) is 2.82. The summed E-state index contributed by atoms with van der Waals surface area (Å²) in [6.45, 7) is 0.655. The summed E-state index contributed by atoms with van der Waals surface area (Å²) in [6, 6.07) is 3.78. The number of nitrogens with zero attached hydrogens (tertiary/aromatic N) is 3. The lowest BCUT2D eigenvalue weighted by Gasteiger charge is -2.06. The number of hydrogen-bond acceptors (Lipinski definition) is 3. The quantitative estimate of drug-likeness (QED) is 0.931. The molecular formula is C12H13F3N4O. The largest absolute Gasteiger partial charge is 0.435 e. The summed E-state index contributed by atoms with van der Waals surface area (Å²) in [5, 5.41) is 3.43. The van der Waals surface area contributed by atoms with Gasteiger partial charge in [0.1, 0.15) is 0 Å². The van der Waals surface area contributed by atoms with Crippen LogP contribution >= 0.6 is 0 Å². The molecule has 0 spiro atoms. The van der Waals surface area contributed by atoms with Crippen molar-refractivity contribution in [1.82, 2.24) is 14.3 Å². The Morgan fingerprint density at radius 3 is 2.60 bits per heavy atom. The predicted molar refractivity (Wildman–Crippen MR) is 67.0 cm³/mol. The van der Waals surface area contributed by atoms with Gasteiger partial charge in [-0.15, -0.1) is 0 Å². The first-order chi connectivity index (χ1) is 9.36. The van der Waals surface area contributed by atoms with Crippen molar-refractivity contribution in [3.8, 4) is 0 Å². The normalized spacial score (nSPS) is 11.8. The molecule has 5 nitrogen and oxygen atoms in total. The number of nitrogen functional groups attached to an aromatic ring is 1. The highest BCUT2D eigenvalue weighted by Gasteiger charge is 2.33. The molecule has 108 valence electrons. The molecule has 0 bridgehead atoms. The fraction of sp³-hybridized carbons (Fsp3) is 0.333. The van der Waals surface area contributed by atoms with E-state index < -0.39 is 11.9 Å². The van der Waals surface area contributed by atoms with Gasteiger partial charge in [-0.3, -0.25) is 9.48 Å². The van der Waals surface area contributed by atoms with E-state index in [0.29, 0.717) is 18.7 Å². The number of aromatic nitrogens is 3. The first kappa shape index (κ1) is 14.2. The molecule has 2 rings (SSSR count). The summed E-state index contributed by atoms with van der Waals surface area (Å²) in [5.74, 6) is 0. The van der Waals surface area contributed by atoms with Crippen LogP contribution in [0.25, 0.3) is 0 Å². The van der Waals surface area contributed by atoms with Crippen LogP contribution < -0.4 is 11.3 Å². The first-order valence-electron chi connectivity index (χ1n) is 5.93. The van der Waals surface area contributed by atoms with Gasteiger partial charge in [0.2, 0.25) is 0 Å². The minimum absolute atomic E-state index is 0.198. The molecule has 0 radical (unpaired) electrons. The summed E-state index contributed by atoms with van der Waals surface area (Å²) in [6.07, 6.45) is -1.18. The van der Waals surface area contributed by atoms with Crippen molar-refractivity contribution in [1.29, 1.82) is 0 Å². The van der Waals surface area contributed by atoms with E-state index in [-0.39, 0.29) is 12.1 Å². The molecule has 8 heteroatoms. The number of halogens is 3. The van der Waals surface area contributed by atoms with Crippen LogP contribution in [0.3, 0.4) is 0 Å². The number of nitrogens with two attached hydrogens (primary N) is 1. The lowest BCUT2D eigenvalue weighted by molar-refractivity contribution is -0.141. The maximum atomic E-state index is 12.4. The van der Waals surface area contributed by atoms with Crippen LogP contribution in [-0.2, 0) is 19.3 Å². The molecule has 0 fully saturated rings. The molecule has 2 heterocycles. The molecule has 0 saturated carbocycles. The third kappa shape index (κ3) is 3.40. The zero-order valence-electron chi connectivity index (χ0n) is 10.5. The molecular weight excluding hydrogens is 273 g/mol. The molecule has 0 aromatic carbocycles. The van der Waals surface area contributed by atoms with Gasteiger partial charge in [-0.05, 0) is 18.6 Å². The number of anilines is 1. The first-order valence-corrected chi connectivity index (χ1v) is 5.93. The number of aryl methyl sites for hydroxylation is 2. The van der Waals surface area contributed by atoms with Crippen LogP contribution in [0.4, 0.5) is 18.9 Å². The number of rotatable bonds is 4. The van der Waals surface area contributed by atoms with Gasteiger partial charge in [0.25, 0.3) is 5.56 Å². The molecule has 0 unspecified atom stereocenters. The van der Waals surface area contributed by atoms with E-state index >= 15 is 0 Å². The molecule has 20 heavy (non-hydrogen) atoms. The van der Waals surface area contributed by atoms with Crippen molar-refractivity contribution in [3.05, 3.63) is 46.6 Å². The summed E-state index contributed by atoms with van der Waals surface area (Å²) in [4.78, 5) is 11.5. The van der Waals surface area contributed by atoms with Crippen molar-refractivity contribution >= 4 is 5.69 Å². The second kappa shape index (κ2) is 5.40. The Morgan fingerprint density at radius 1 is 1.20 bits per heavy atom. The minimum Gasteiger partial charge on any atom is -0.398 e. The predicted octanol–water partition coefficient (Wildman–Crippen LogP) is 1.74. The lowest BCUT2D eigenvalue weighted by Crippen LogP contribution is -2.19. The van der Waals surface area contributed by atoms with Crippen molar-refractivity contribution in [3.63, 3.8) is 0 Å². The molecule has 2 aromatic heterocycles. The average molecular weight is 286 g/mol. The maximum Gasteiger partial charge on any atom is 0.435 e. The van der Waals surface area contributed by atoms with E-state index in [0.717, 1.165) is 6.07 Å². The number of alkyl halides is 3. The molecule has 0 amide bonds. The number of hydrogen-bond donors (Lipinski definition) is 1. The molecule has 0 aliphatic rings. The van der Waals surface area contributed by atoms with Crippen LogP contribution in [0.15, 0.2) is 35.4 Å². The Hall–Kier alpha value is -2.25. The summed E-state index contributed by atoms with van der Waals surface area (Å²) in [5.41, 5.74) is 4.90. The van der Waals surface area contributed by atoms with Crippen LogP contribution in [0, 0.1) is 0 Å². The van der Waals surface area contributed by atoms with E-state index in [9.17, 15) is 18.0 Å². The van der Waals surface area contributed by atoms with Crippen LogP contribution in [0.1, 0.15) is 12.1 Å². The van der Waals surface area contributed by atoms with E-state index in [1.807, 2.05) is 0 Å². The van der Waals surface area contributed by atoms with Crippen molar-refractivity contribution in [2.24, 2.45) is 0 Å². The number of pyridine rings is 1. The van der Waals surface area contributed by atoms with Crippen molar-refractivity contribution in [2.45, 2.75) is 25.7 Å². The zero-order valence-corrected chi connectivity index (χ0v) is 10.5. The third-order valence-corrected chi connectivity index (χ3v) is 2.72. The summed E-state index contributed by atoms with van der Waals surface area (Å²) in [7, 11) is 0. The van der Waals surface area contributed by atoms with Gasteiger partial charge >= 0.3 is 6.18 Å². The maximum absolute atomic E-state index is 12.4. The molecule has 2 aromatic rings. The van der Waals surface area contributed by atoms with E-state index in [4.69, 9.17) is 5.73 Å². The van der Waals surface area contributed by atoms with Crippen molar-refractivity contribution in [2.75, 3.05) is 5.73 Å². The second-order valence-electron chi connectivity index (χ2n) is 4.31. The molecule has 2 N–H and O–H groups in total. The Bertz CT molecular complexity index is 645. The Morgan fingerprint density at radius 2 is 1.95 bits per heavy atom. The van der Waals surface area contributed by atoms with Crippen LogP contribution in [0.5, 0.6) is 0 Å². The summed E-state index contributed by atoms with van der Waals surface area (Å²) < 4.78 is 39.7. The van der Waals surface area contributed by atoms with Gasteiger partial charge in [-0.25, -0.2) is 0 Å². The highest BCUT2D eigenvalue weighted by molar-refractivity contribution is 5.33. The second-order valence-corrected chi connectivity index (χ2v) is 4.31. The highest BCUT2D eigenvalue weighted by Crippen LogP contribution is 2.27. The molecule has 0 atom stereocenters. The standard InChI is InChI=1S/C12H13F3N4O/c13-12(14,15)10-4-7-19(17-10)6-1-5-18-8-9(16)2-3-11(18)20/h2-4,7-8H,1,5-6,16H2. The van der Waals surface area contributed by atoms with Crippen LogP contribution in [-0.4, -0.2) is 14.3 Å². The van der Waals surface area contributed by atoms with E-state index in [1.165, 1.54) is 33.8 Å². The zero-order chi connectivity index (χ0) is 14.8. The van der Waals surface area contributed by atoms with Gasteiger partial charge in [-0.1, -0.05) is 0 Å². The highest BCUT2D eigenvalue weighted by atomic mass is 19.4. The van der Waals surface area contributed by atoms with E-state index in [2.05, 4.69) is 5.10 Å². The topological polar surface area (TPSA) is 65.8 Å². The lowest BCUT2D eigenvalue weighted by atomic mass is 10.3. The van der Waals surface area contributed by atoms with Gasteiger partial charge in [-0.2, -0.15) is 18.3 Å². The Kier molecular flexibility index (Phi) is 3.82. The fourth-order valence-electron chi connectivity index (χ4n) is 1.77. The minimum atomic E-state index is -4.43. The van der Waals surface area contributed by atoms with Crippen LogP contribution in [0.2, 0.25) is 0 Å². The molecule has 0 aliphatic heterocycles. The third-order valence-electron chi connectivity index (χ3n) is 2.72. The smallest absolute Gasteiger partial charge is 0.398 e. The van der Waals surface area contributed by atoms with Gasteiger partial charge in [0, 0.05) is 37.2 Å². The van der Waals surface area contributed by atoms with E-state index in [1.54, 1.807) is 0 Å². The Balaban J connectivity index is 1.95. The molecule has 0 saturated heterocycles.